The Kier molecular flexibility index (Phi) is 13.6. The molecule has 3 amide bonds. The number of ether oxygens (including phenoxy) is 3. The Morgan fingerprint density at radius 1 is 1.08 bits per heavy atom. The van der Waals surface area contributed by atoms with Gasteiger partial charge >= 0.3 is 5.97 Å². The van der Waals surface area contributed by atoms with E-state index in [0.29, 0.717) is 38.9 Å². The van der Waals surface area contributed by atoms with Gasteiger partial charge in [0.05, 0.1) is 42.7 Å². The number of hydrazine groups is 1. The highest BCUT2D eigenvalue weighted by Crippen LogP contribution is 2.42. The van der Waals surface area contributed by atoms with Crippen LogP contribution in [0.15, 0.2) is 73.4 Å². The quantitative estimate of drug-likeness (QED) is 0.129. The lowest BCUT2D eigenvalue weighted by Crippen LogP contribution is -2.61. The van der Waals surface area contributed by atoms with Crippen LogP contribution in [0, 0.1) is 17.3 Å². The smallest absolute Gasteiger partial charge is 0.324 e. The van der Waals surface area contributed by atoms with E-state index in [2.05, 4.69) is 79.1 Å². The summed E-state index contributed by atoms with van der Waals surface area (Å²) in [6.45, 7) is 18.1. The summed E-state index contributed by atoms with van der Waals surface area (Å²) in [5.74, 6) is -1.84. The lowest BCUT2D eigenvalue weighted by Gasteiger charge is -2.39. The fraction of sp³-hybridized carbons (Fsp3) is 0.490. The van der Waals surface area contributed by atoms with Gasteiger partial charge in [-0.25, -0.2) is 5.43 Å². The Labute approximate surface area is 365 Å². The van der Waals surface area contributed by atoms with Crippen LogP contribution in [0.1, 0.15) is 77.3 Å². The van der Waals surface area contributed by atoms with E-state index in [1.807, 2.05) is 39.0 Å². The van der Waals surface area contributed by atoms with Crippen molar-refractivity contribution in [3.8, 4) is 22.4 Å². The molecule has 5 heterocycles. The number of nitrogens with one attached hydrogen (secondary N) is 2. The van der Waals surface area contributed by atoms with E-state index in [1.54, 1.807) is 18.2 Å². The summed E-state index contributed by atoms with van der Waals surface area (Å²) in [7, 11) is 1.70. The number of aromatic nitrogens is 2. The summed E-state index contributed by atoms with van der Waals surface area (Å²) in [5, 5.41) is 5.68. The van der Waals surface area contributed by atoms with Crippen LogP contribution < -0.4 is 10.7 Å². The highest BCUT2D eigenvalue weighted by Gasteiger charge is 2.37. The number of rotatable bonds is 11. The standard InChI is InChI=1S/C49H62N6O7/c1-9-43(56)53-26-35(27-53)61-28-39(30(3)4)46(57)51-41-23-32-14-11-15-33(22-32)34-18-19-42-37(24-34)38(45(54(42)10-2)36-16-12-20-50-44(36)31(5)60-8)25-49(6,7)29-62-48(59)40-17-13-21-55(52-40)47(41)58/h9,11-12,14-16,18-20,22,24,30-31,35,39-41,52H,1,10,13,17,21,23,25-29H2,2-8H3,(H,51,57)/t31-,39?,40-,41-/m0/s1. The molecule has 0 spiro atoms. The Bertz CT molecular complexity index is 2310. The minimum absolute atomic E-state index is 0.0915. The van der Waals surface area contributed by atoms with Crippen LogP contribution >= 0.6 is 0 Å². The van der Waals surface area contributed by atoms with E-state index in [0.717, 1.165) is 56.7 Å². The largest absolute Gasteiger partial charge is 0.464 e. The molecule has 2 aromatic carbocycles. The van der Waals surface area contributed by atoms with Crippen LogP contribution in [0.2, 0.25) is 0 Å². The van der Waals surface area contributed by atoms with Gasteiger partial charge in [0.15, 0.2) is 0 Å². The third-order valence-electron chi connectivity index (χ3n) is 12.6. The molecule has 2 aromatic heterocycles. The number of benzene rings is 2. The topological polar surface area (TPSA) is 144 Å². The molecule has 3 aliphatic rings. The first-order valence-electron chi connectivity index (χ1n) is 22.0. The summed E-state index contributed by atoms with van der Waals surface area (Å²) >= 11 is 0. The normalized spacial score (nSPS) is 20.6. The molecule has 7 rings (SSSR count). The maximum absolute atomic E-state index is 14.5. The average molecular weight is 847 g/mol. The molecule has 13 nitrogen and oxygen atoms in total. The Hall–Kier alpha value is -5.37. The van der Waals surface area contributed by atoms with Gasteiger partial charge in [-0.15, -0.1) is 0 Å². The summed E-state index contributed by atoms with van der Waals surface area (Å²) in [5.41, 5.74) is 10.7. The molecule has 6 bridgehead atoms. The zero-order chi connectivity index (χ0) is 44.3. The van der Waals surface area contributed by atoms with E-state index in [9.17, 15) is 19.2 Å². The number of hydrogen-bond acceptors (Lipinski definition) is 9. The van der Waals surface area contributed by atoms with Gasteiger partial charge in [0.1, 0.15) is 12.1 Å². The van der Waals surface area contributed by atoms with Gasteiger partial charge < -0.3 is 29.0 Å². The number of carbonyl (C=O) groups is 4. The van der Waals surface area contributed by atoms with Gasteiger partial charge in [0, 0.05) is 67.8 Å². The van der Waals surface area contributed by atoms with Crippen molar-refractivity contribution in [2.24, 2.45) is 17.3 Å². The second-order valence-corrected chi connectivity index (χ2v) is 18.1. The highest BCUT2D eigenvalue weighted by atomic mass is 16.5. The molecule has 2 fully saturated rings. The number of amides is 3. The molecule has 2 N–H and O–H groups in total. The lowest BCUT2D eigenvalue weighted by atomic mass is 9.84. The molecule has 1 unspecified atom stereocenters. The number of carbonyl (C=O) groups excluding carboxylic acids is 4. The van der Waals surface area contributed by atoms with Crippen molar-refractivity contribution in [3.63, 3.8) is 0 Å². The monoisotopic (exact) mass is 846 g/mol. The number of cyclic esters (lactones) is 1. The molecular weight excluding hydrogens is 785 g/mol. The number of hydrogen-bond donors (Lipinski definition) is 2. The van der Waals surface area contributed by atoms with Crippen molar-refractivity contribution >= 4 is 34.6 Å². The molecule has 0 radical (unpaired) electrons. The summed E-state index contributed by atoms with van der Waals surface area (Å²) in [6.07, 6.45) is 4.59. The lowest BCUT2D eigenvalue weighted by molar-refractivity contribution is -0.155. The average Bonchev–Trinajstić information content (AvgIpc) is 3.56. The first-order chi connectivity index (χ1) is 29.7. The van der Waals surface area contributed by atoms with Crippen LogP contribution in [0.3, 0.4) is 0 Å². The van der Waals surface area contributed by atoms with Gasteiger partial charge in [0.2, 0.25) is 11.8 Å². The van der Waals surface area contributed by atoms with Crippen molar-refractivity contribution in [1.82, 2.24) is 30.2 Å². The fourth-order valence-electron chi connectivity index (χ4n) is 8.93. The third kappa shape index (κ3) is 9.50. The summed E-state index contributed by atoms with van der Waals surface area (Å²) in [4.78, 5) is 61.0. The predicted octanol–water partition coefficient (Wildman–Crippen LogP) is 6.43. The first kappa shape index (κ1) is 44.7. The molecule has 3 aliphatic heterocycles. The van der Waals surface area contributed by atoms with E-state index in [4.69, 9.17) is 19.2 Å². The van der Waals surface area contributed by atoms with Crippen LogP contribution in [-0.4, -0.2) is 101 Å². The van der Waals surface area contributed by atoms with Crippen LogP contribution in [-0.2, 0) is 52.8 Å². The molecule has 4 aromatic rings. The van der Waals surface area contributed by atoms with Gasteiger partial charge in [-0.05, 0) is 91.6 Å². The van der Waals surface area contributed by atoms with Crippen molar-refractivity contribution in [3.05, 3.63) is 90.3 Å². The van der Waals surface area contributed by atoms with Crippen molar-refractivity contribution < 1.29 is 33.4 Å². The van der Waals surface area contributed by atoms with E-state index in [1.165, 1.54) is 11.1 Å². The summed E-state index contributed by atoms with van der Waals surface area (Å²) in [6, 6.07) is 17.1. The highest BCUT2D eigenvalue weighted by molar-refractivity contribution is 5.95. The molecular formula is C49H62N6O7. The molecule has 0 saturated carbocycles. The van der Waals surface area contributed by atoms with Gasteiger partial charge in [-0.3, -0.25) is 29.2 Å². The SMILES string of the molecule is C=CC(=O)N1CC(OCC(C(=O)N[C@H]2Cc3cccc(c3)-c3ccc4c(c3)c(c(-c3cccnc3[C@H](C)OC)n4CC)CC(C)(C)COC(=O)[C@@H]3CCCN(N3)C2=O)C(C)C)C1. The second-order valence-electron chi connectivity index (χ2n) is 18.1. The van der Waals surface area contributed by atoms with Gasteiger partial charge in [0.25, 0.3) is 5.91 Å². The van der Waals surface area contributed by atoms with E-state index >= 15 is 0 Å². The number of esters is 1. The molecule has 330 valence electrons. The van der Waals surface area contributed by atoms with Gasteiger partial charge in [-0.2, -0.15) is 0 Å². The second kappa shape index (κ2) is 18.9. The number of likely N-dealkylation sites (tertiary alicyclic amines) is 1. The fourth-order valence-corrected chi connectivity index (χ4v) is 8.93. The number of methoxy groups -OCH3 is 1. The number of fused-ring (bicyclic) bond motifs is 6. The van der Waals surface area contributed by atoms with Crippen LogP contribution in [0.5, 0.6) is 0 Å². The summed E-state index contributed by atoms with van der Waals surface area (Å²) < 4.78 is 20.4. The first-order valence-corrected chi connectivity index (χ1v) is 22.0. The number of nitrogens with zero attached hydrogens (tertiary/aromatic N) is 4. The van der Waals surface area contributed by atoms with E-state index < -0.39 is 29.4 Å². The maximum Gasteiger partial charge on any atom is 0.324 e. The van der Waals surface area contributed by atoms with Crippen molar-refractivity contribution in [1.29, 1.82) is 0 Å². The van der Waals surface area contributed by atoms with Crippen molar-refractivity contribution in [2.75, 3.05) is 40.0 Å². The Morgan fingerprint density at radius 3 is 2.58 bits per heavy atom. The number of pyridine rings is 1. The van der Waals surface area contributed by atoms with Gasteiger partial charge in [-0.1, -0.05) is 64.6 Å². The Balaban J connectivity index is 1.27. The minimum Gasteiger partial charge on any atom is -0.464 e. The molecule has 62 heavy (non-hydrogen) atoms. The number of aryl methyl sites for hydroxylation is 1. The molecule has 13 heteroatoms. The molecule has 4 atom stereocenters. The zero-order valence-corrected chi connectivity index (χ0v) is 37.2. The van der Waals surface area contributed by atoms with Crippen molar-refractivity contribution in [2.45, 2.75) is 98.1 Å². The van der Waals surface area contributed by atoms with Crippen LogP contribution in [0.4, 0.5) is 0 Å². The third-order valence-corrected chi connectivity index (χ3v) is 12.6. The van der Waals surface area contributed by atoms with Crippen LogP contribution in [0.25, 0.3) is 33.3 Å². The Morgan fingerprint density at radius 2 is 1.85 bits per heavy atom. The van der Waals surface area contributed by atoms with E-state index in [-0.39, 0.29) is 55.5 Å². The minimum atomic E-state index is -0.943. The molecule has 2 saturated heterocycles. The maximum atomic E-state index is 14.5. The zero-order valence-electron chi connectivity index (χ0n) is 37.2. The molecule has 0 aliphatic carbocycles. The predicted molar refractivity (Wildman–Crippen MR) is 238 cm³/mol.